The molecule has 116 valence electrons. The molecule has 0 radical (unpaired) electrons. The van der Waals surface area contributed by atoms with Crippen molar-refractivity contribution in [2.75, 3.05) is 36.5 Å². The van der Waals surface area contributed by atoms with Crippen LogP contribution in [-0.2, 0) is 11.3 Å². The van der Waals surface area contributed by atoms with Gasteiger partial charge in [0, 0.05) is 31.9 Å². The number of hydrogen-bond acceptors (Lipinski definition) is 6. The number of rotatable bonds is 4. The molecule has 0 saturated carbocycles. The SMILES string of the molecule is Fc1cc(NCc2cnc(N3CCOCC3)c(F)c2)ncn1. The second-order valence-corrected chi connectivity index (χ2v) is 4.83. The van der Waals surface area contributed by atoms with Crippen molar-refractivity contribution in [1.82, 2.24) is 15.0 Å². The van der Waals surface area contributed by atoms with Gasteiger partial charge in [0.15, 0.2) is 11.6 Å². The van der Waals surface area contributed by atoms with E-state index in [4.69, 9.17) is 4.74 Å². The van der Waals surface area contributed by atoms with Crippen molar-refractivity contribution in [3.8, 4) is 0 Å². The number of nitrogens with zero attached hydrogens (tertiary/aromatic N) is 4. The largest absolute Gasteiger partial charge is 0.378 e. The van der Waals surface area contributed by atoms with E-state index in [1.54, 1.807) is 6.20 Å². The first-order valence-corrected chi connectivity index (χ1v) is 6.91. The zero-order valence-corrected chi connectivity index (χ0v) is 11.8. The molecule has 2 aromatic heterocycles. The third kappa shape index (κ3) is 3.45. The van der Waals surface area contributed by atoms with Crippen molar-refractivity contribution in [2.45, 2.75) is 6.54 Å². The number of halogens is 2. The van der Waals surface area contributed by atoms with E-state index in [9.17, 15) is 8.78 Å². The van der Waals surface area contributed by atoms with Gasteiger partial charge in [-0.15, -0.1) is 0 Å². The molecule has 3 heterocycles. The lowest BCUT2D eigenvalue weighted by atomic mass is 10.2. The molecule has 0 unspecified atom stereocenters. The van der Waals surface area contributed by atoms with Crippen LogP contribution in [0.15, 0.2) is 24.7 Å². The van der Waals surface area contributed by atoms with Gasteiger partial charge in [-0.05, 0) is 11.6 Å². The maximum atomic E-state index is 14.2. The Morgan fingerprint density at radius 3 is 2.68 bits per heavy atom. The van der Waals surface area contributed by atoms with E-state index in [1.165, 1.54) is 12.1 Å². The molecule has 0 atom stereocenters. The van der Waals surface area contributed by atoms with Crippen molar-refractivity contribution < 1.29 is 13.5 Å². The van der Waals surface area contributed by atoms with Gasteiger partial charge in [0.1, 0.15) is 12.1 Å². The molecule has 0 aliphatic carbocycles. The van der Waals surface area contributed by atoms with E-state index in [1.807, 2.05) is 4.90 Å². The van der Waals surface area contributed by atoms with E-state index in [-0.39, 0.29) is 5.82 Å². The zero-order chi connectivity index (χ0) is 15.4. The second kappa shape index (κ2) is 6.61. The fraction of sp³-hybridized carbons (Fsp3) is 0.357. The van der Waals surface area contributed by atoms with Gasteiger partial charge in [0.25, 0.3) is 0 Å². The van der Waals surface area contributed by atoms with Gasteiger partial charge in [-0.25, -0.2) is 19.3 Å². The average Bonchev–Trinajstić information content (AvgIpc) is 2.54. The summed E-state index contributed by atoms with van der Waals surface area (Å²) in [5.74, 6) is -0.329. The lowest BCUT2D eigenvalue weighted by Gasteiger charge is -2.28. The van der Waals surface area contributed by atoms with Crippen LogP contribution in [0.3, 0.4) is 0 Å². The predicted molar refractivity (Wildman–Crippen MR) is 76.5 cm³/mol. The minimum absolute atomic E-state index is 0.295. The summed E-state index contributed by atoms with van der Waals surface area (Å²) in [6, 6.07) is 2.59. The summed E-state index contributed by atoms with van der Waals surface area (Å²) >= 11 is 0. The molecule has 8 heteroatoms. The second-order valence-electron chi connectivity index (χ2n) is 4.83. The number of aromatic nitrogens is 3. The number of hydrogen-bond donors (Lipinski definition) is 1. The van der Waals surface area contributed by atoms with Crippen LogP contribution < -0.4 is 10.2 Å². The molecule has 0 amide bonds. The van der Waals surface area contributed by atoms with Crippen molar-refractivity contribution >= 4 is 11.6 Å². The van der Waals surface area contributed by atoms with E-state index < -0.39 is 5.95 Å². The summed E-state index contributed by atoms with van der Waals surface area (Å²) in [4.78, 5) is 13.3. The van der Waals surface area contributed by atoms with E-state index >= 15 is 0 Å². The van der Waals surface area contributed by atoms with Gasteiger partial charge in [0.05, 0.1) is 13.2 Å². The van der Waals surface area contributed by atoms with Crippen molar-refractivity contribution in [3.63, 3.8) is 0 Å². The summed E-state index contributed by atoms with van der Waals surface area (Å²) in [6.45, 7) is 2.70. The van der Waals surface area contributed by atoms with Crippen LogP contribution >= 0.6 is 0 Å². The Bertz CT molecular complexity index is 649. The topological polar surface area (TPSA) is 63.2 Å². The van der Waals surface area contributed by atoms with Gasteiger partial charge in [0.2, 0.25) is 5.95 Å². The minimum Gasteiger partial charge on any atom is -0.378 e. The number of ether oxygens (including phenoxy) is 1. The van der Waals surface area contributed by atoms with Crippen LogP contribution in [0.1, 0.15) is 5.56 Å². The van der Waals surface area contributed by atoms with Crippen molar-refractivity contribution in [1.29, 1.82) is 0 Å². The van der Waals surface area contributed by atoms with Gasteiger partial charge >= 0.3 is 0 Å². The van der Waals surface area contributed by atoms with Crippen LogP contribution in [0.5, 0.6) is 0 Å². The summed E-state index contributed by atoms with van der Waals surface area (Å²) in [6.07, 6.45) is 2.72. The van der Waals surface area contributed by atoms with Gasteiger partial charge in [-0.1, -0.05) is 0 Å². The number of nitrogens with one attached hydrogen (secondary N) is 1. The molecule has 1 saturated heterocycles. The number of pyridine rings is 1. The summed E-state index contributed by atoms with van der Waals surface area (Å²) < 4.78 is 32.3. The van der Waals surface area contributed by atoms with Gasteiger partial charge < -0.3 is 15.0 Å². The molecule has 1 aliphatic heterocycles. The number of morpholine rings is 1. The Hall–Kier alpha value is -2.35. The Morgan fingerprint density at radius 1 is 1.14 bits per heavy atom. The van der Waals surface area contributed by atoms with Gasteiger partial charge in [-0.2, -0.15) is 4.39 Å². The molecule has 2 aromatic rings. The molecule has 0 bridgehead atoms. The molecular formula is C14H15F2N5O. The van der Waals surface area contributed by atoms with E-state index in [0.29, 0.717) is 50.0 Å². The zero-order valence-electron chi connectivity index (χ0n) is 11.8. The highest BCUT2D eigenvalue weighted by Gasteiger charge is 2.16. The third-order valence-corrected chi connectivity index (χ3v) is 3.30. The normalized spacial score (nSPS) is 14.9. The fourth-order valence-corrected chi connectivity index (χ4v) is 2.20. The number of anilines is 2. The first-order chi connectivity index (χ1) is 10.7. The first kappa shape index (κ1) is 14.6. The fourth-order valence-electron chi connectivity index (χ4n) is 2.20. The van der Waals surface area contributed by atoms with Crippen molar-refractivity contribution in [3.05, 3.63) is 42.0 Å². The van der Waals surface area contributed by atoms with Crippen LogP contribution in [0.25, 0.3) is 0 Å². The summed E-state index contributed by atoms with van der Waals surface area (Å²) in [5.41, 5.74) is 0.647. The molecule has 0 aromatic carbocycles. The van der Waals surface area contributed by atoms with Gasteiger partial charge in [-0.3, -0.25) is 0 Å². The quantitative estimate of drug-likeness (QED) is 0.866. The molecular weight excluding hydrogens is 292 g/mol. The maximum absolute atomic E-state index is 14.2. The lowest BCUT2D eigenvalue weighted by molar-refractivity contribution is 0.122. The molecule has 1 fully saturated rings. The molecule has 1 aliphatic rings. The lowest BCUT2D eigenvalue weighted by Crippen LogP contribution is -2.37. The van der Waals surface area contributed by atoms with E-state index in [2.05, 4.69) is 20.3 Å². The average molecular weight is 307 g/mol. The highest BCUT2D eigenvalue weighted by atomic mass is 19.1. The smallest absolute Gasteiger partial charge is 0.217 e. The molecule has 3 rings (SSSR count). The van der Waals surface area contributed by atoms with Crippen LogP contribution in [-0.4, -0.2) is 41.3 Å². The monoisotopic (exact) mass is 307 g/mol. The Kier molecular flexibility index (Phi) is 4.38. The molecule has 22 heavy (non-hydrogen) atoms. The van der Waals surface area contributed by atoms with Crippen LogP contribution in [0, 0.1) is 11.8 Å². The third-order valence-electron chi connectivity index (χ3n) is 3.30. The molecule has 6 nitrogen and oxygen atoms in total. The first-order valence-electron chi connectivity index (χ1n) is 6.91. The molecule has 0 spiro atoms. The van der Waals surface area contributed by atoms with Crippen LogP contribution in [0.4, 0.5) is 20.4 Å². The predicted octanol–water partition coefficient (Wildman–Crippen LogP) is 1.60. The standard InChI is InChI=1S/C14H15F2N5O/c15-11-5-10(7-17-13-6-12(16)19-9-20-13)8-18-14(11)21-1-3-22-4-2-21/h5-6,8-9H,1-4,7H2,(H,17,19,20). The summed E-state index contributed by atoms with van der Waals surface area (Å²) in [5, 5.41) is 2.90. The van der Waals surface area contributed by atoms with Crippen LogP contribution in [0.2, 0.25) is 0 Å². The Balaban J connectivity index is 1.66. The summed E-state index contributed by atoms with van der Waals surface area (Å²) in [7, 11) is 0. The Morgan fingerprint density at radius 2 is 1.95 bits per heavy atom. The van der Waals surface area contributed by atoms with Crippen molar-refractivity contribution in [2.24, 2.45) is 0 Å². The maximum Gasteiger partial charge on any atom is 0.217 e. The Labute approximate surface area is 126 Å². The molecule has 1 N–H and O–H groups in total. The van der Waals surface area contributed by atoms with E-state index in [0.717, 1.165) is 6.33 Å². The highest BCUT2D eigenvalue weighted by Crippen LogP contribution is 2.18. The highest BCUT2D eigenvalue weighted by molar-refractivity contribution is 5.42. The minimum atomic E-state index is -0.621.